The van der Waals surface area contributed by atoms with Crippen molar-refractivity contribution in [3.8, 4) is 11.5 Å². The van der Waals surface area contributed by atoms with E-state index in [2.05, 4.69) is 21.2 Å². The summed E-state index contributed by atoms with van der Waals surface area (Å²) >= 11 is 9.82. The van der Waals surface area contributed by atoms with Crippen LogP contribution in [0.2, 0.25) is 5.02 Å². The van der Waals surface area contributed by atoms with Gasteiger partial charge in [-0.2, -0.15) is 0 Å². The number of fused-ring (bicyclic) bond motifs is 2. The molecule has 1 spiro atoms. The Morgan fingerprint density at radius 1 is 1.22 bits per heavy atom. The smallest absolute Gasteiger partial charge is 0.256 e. The Bertz CT molecular complexity index is 1370. The Morgan fingerprint density at radius 3 is 2.67 bits per heavy atom. The number of para-hydroxylation sites is 1. The monoisotopic (exact) mass is 571 g/mol. The van der Waals surface area contributed by atoms with Crippen molar-refractivity contribution in [3.05, 3.63) is 97.0 Å². The molecule has 2 aliphatic rings. The molecule has 1 N–H and O–H groups in total. The number of ether oxygens (including phenoxy) is 2. The Labute approximate surface area is 221 Å². The number of likely N-dealkylation sites (tertiary alicyclic amines) is 1. The van der Waals surface area contributed by atoms with E-state index in [0.29, 0.717) is 44.4 Å². The number of likely N-dealkylation sites (N-methyl/N-ethyl adjacent to an activating group) is 1. The molecule has 3 aromatic rings. The van der Waals surface area contributed by atoms with Crippen LogP contribution < -0.4 is 14.8 Å². The van der Waals surface area contributed by atoms with Crippen LogP contribution in [0.3, 0.4) is 0 Å². The fourth-order valence-electron chi connectivity index (χ4n) is 5.44. The topological polar surface area (TPSA) is 93.9 Å². The first-order chi connectivity index (χ1) is 17.3. The minimum absolute atomic E-state index is 0.220. The quantitative estimate of drug-likeness (QED) is 0.322. The molecule has 0 aliphatic carbocycles. The van der Waals surface area contributed by atoms with E-state index in [-0.39, 0.29) is 17.4 Å². The lowest BCUT2D eigenvalue weighted by atomic mass is 9.79. The van der Waals surface area contributed by atoms with Gasteiger partial charge in [0.15, 0.2) is 17.0 Å². The van der Waals surface area contributed by atoms with E-state index < -0.39 is 17.5 Å². The van der Waals surface area contributed by atoms with E-state index >= 15 is 0 Å². The Hall–Kier alpha value is -3.14. The third-order valence-electron chi connectivity index (χ3n) is 7.05. The highest BCUT2D eigenvalue weighted by Crippen LogP contribution is 2.53. The van der Waals surface area contributed by atoms with Gasteiger partial charge in [-0.1, -0.05) is 48.0 Å². The molecule has 36 heavy (non-hydrogen) atoms. The second kappa shape index (κ2) is 9.38. The van der Waals surface area contributed by atoms with Crippen LogP contribution in [0, 0.1) is 10.1 Å². The third kappa shape index (κ3) is 3.73. The van der Waals surface area contributed by atoms with Gasteiger partial charge in [-0.3, -0.25) is 19.8 Å². The van der Waals surface area contributed by atoms with Gasteiger partial charge < -0.3 is 14.8 Å². The van der Waals surface area contributed by atoms with Crippen molar-refractivity contribution in [1.29, 1.82) is 0 Å². The molecule has 0 radical (unpaired) electrons. The first kappa shape index (κ1) is 24.5. The maximum atomic E-state index is 13.3. The number of halogens is 2. The molecule has 3 aromatic carbocycles. The molecule has 1 fully saturated rings. The van der Waals surface area contributed by atoms with Crippen LogP contribution in [0.15, 0.2) is 65.1 Å². The summed E-state index contributed by atoms with van der Waals surface area (Å²) in [4.78, 5) is 27.3. The Morgan fingerprint density at radius 2 is 1.94 bits per heavy atom. The van der Waals surface area contributed by atoms with E-state index in [4.69, 9.17) is 21.1 Å². The fraction of sp³-hybridized carbons (Fsp3) is 0.269. The molecule has 0 bridgehead atoms. The van der Waals surface area contributed by atoms with Crippen molar-refractivity contribution >= 4 is 39.1 Å². The number of nitrogens with one attached hydrogen (secondary N) is 1. The van der Waals surface area contributed by atoms with E-state index in [1.807, 2.05) is 18.2 Å². The predicted octanol–water partition coefficient (Wildman–Crippen LogP) is 5.21. The largest absolute Gasteiger partial charge is 0.493 e. The van der Waals surface area contributed by atoms with Crippen molar-refractivity contribution in [2.75, 3.05) is 26.0 Å². The van der Waals surface area contributed by atoms with Gasteiger partial charge >= 0.3 is 0 Å². The van der Waals surface area contributed by atoms with Crippen molar-refractivity contribution < 1.29 is 19.2 Å². The van der Waals surface area contributed by atoms with Gasteiger partial charge in [-0.05, 0) is 52.8 Å². The third-order valence-corrected chi connectivity index (χ3v) is 8.01. The maximum absolute atomic E-state index is 13.3. The molecule has 2 aliphatic heterocycles. The standard InChI is InChI=1S/C26H23BrClN3O5/c1-30-13-17(24(31(33)34)26(30)18-8-4-6-10-21(18)29-25(26)32)16-11-19(27)23(22(12-16)35-2)36-14-15-7-3-5-9-20(15)28/h3-12,17,24H,13-14H2,1-2H3,(H,29,32)/t17-,24-,26+/m0/s1. The summed E-state index contributed by atoms with van der Waals surface area (Å²) < 4.78 is 12.2. The molecule has 8 nitrogen and oxygen atoms in total. The van der Waals surface area contributed by atoms with Gasteiger partial charge in [0, 0.05) is 33.3 Å². The maximum Gasteiger partial charge on any atom is 0.256 e. The Balaban J connectivity index is 1.54. The van der Waals surface area contributed by atoms with Crippen molar-refractivity contribution in [2.45, 2.75) is 24.1 Å². The minimum Gasteiger partial charge on any atom is -0.493 e. The van der Waals surface area contributed by atoms with Crippen LogP contribution in [0.1, 0.15) is 22.6 Å². The van der Waals surface area contributed by atoms with E-state index in [1.54, 1.807) is 54.4 Å². The minimum atomic E-state index is -1.41. The summed E-state index contributed by atoms with van der Waals surface area (Å²) in [5.74, 6) is -0.0805. The number of nitro groups is 1. The molecule has 0 saturated carbocycles. The predicted molar refractivity (Wildman–Crippen MR) is 139 cm³/mol. The Kier molecular flexibility index (Phi) is 6.40. The second-order valence-corrected chi connectivity index (χ2v) is 10.2. The molecule has 0 aromatic heterocycles. The molecular weight excluding hydrogens is 550 g/mol. The number of nitrogens with zero attached hydrogens (tertiary/aromatic N) is 2. The normalized spacial score (nSPS) is 22.9. The number of methoxy groups -OCH3 is 1. The van der Waals surface area contributed by atoms with Crippen LogP contribution in [0.5, 0.6) is 11.5 Å². The molecule has 1 saturated heterocycles. The number of carbonyl (C=O) groups is 1. The van der Waals surface area contributed by atoms with E-state index in [9.17, 15) is 14.9 Å². The summed E-state index contributed by atoms with van der Waals surface area (Å²) in [7, 11) is 3.27. The van der Waals surface area contributed by atoms with E-state index in [0.717, 1.165) is 5.56 Å². The van der Waals surface area contributed by atoms with Crippen molar-refractivity contribution in [2.24, 2.45) is 0 Å². The van der Waals surface area contributed by atoms with Gasteiger partial charge in [-0.25, -0.2) is 0 Å². The molecule has 186 valence electrons. The molecule has 2 heterocycles. The number of rotatable bonds is 6. The number of anilines is 1. The van der Waals surface area contributed by atoms with Crippen LogP contribution in [0.4, 0.5) is 5.69 Å². The summed E-state index contributed by atoms with van der Waals surface area (Å²) in [5, 5.41) is 16.0. The number of hydrogen-bond donors (Lipinski definition) is 1. The lowest BCUT2D eigenvalue weighted by Crippen LogP contribution is -2.54. The van der Waals surface area contributed by atoms with Crippen LogP contribution in [-0.4, -0.2) is 42.5 Å². The highest BCUT2D eigenvalue weighted by atomic mass is 79.9. The van der Waals surface area contributed by atoms with Gasteiger partial charge in [0.1, 0.15) is 6.61 Å². The molecule has 3 atom stereocenters. The second-order valence-electron chi connectivity index (χ2n) is 8.90. The molecule has 10 heteroatoms. The number of benzene rings is 3. The fourth-order valence-corrected chi connectivity index (χ4v) is 6.20. The zero-order chi connectivity index (χ0) is 25.6. The summed E-state index contributed by atoms with van der Waals surface area (Å²) in [5.41, 5.74) is 1.29. The number of carbonyl (C=O) groups excluding carboxylic acids is 1. The highest BCUT2D eigenvalue weighted by molar-refractivity contribution is 9.10. The lowest BCUT2D eigenvalue weighted by Gasteiger charge is -2.30. The van der Waals surface area contributed by atoms with Crippen LogP contribution in [0.25, 0.3) is 0 Å². The van der Waals surface area contributed by atoms with Crippen molar-refractivity contribution in [3.63, 3.8) is 0 Å². The average Bonchev–Trinajstić information content (AvgIpc) is 3.33. The molecule has 0 unspecified atom stereocenters. The highest BCUT2D eigenvalue weighted by Gasteiger charge is 2.68. The average molecular weight is 573 g/mol. The summed E-state index contributed by atoms with van der Waals surface area (Å²) in [6.07, 6.45) is 0. The van der Waals surface area contributed by atoms with Crippen LogP contribution in [-0.2, 0) is 16.9 Å². The number of amides is 1. The van der Waals surface area contributed by atoms with E-state index in [1.165, 1.54) is 7.11 Å². The van der Waals surface area contributed by atoms with Gasteiger partial charge in [0.2, 0.25) is 0 Å². The summed E-state index contributed by atoms with van der Waals surface area (Å²) in [6, 6.07) is 16.9. The van der Waals surface area contributed by atoms with Gasteiger partial charge in [-0.15, -0.1) is 0 Å². The molecular formula is C26H23BrClN3O5. The van der Waals surface area contributed by atoms with Gasteiger partial charge in [0.25, 0.3) is 11.9 Å². The SMILES string of the molecule is COc1cc([C@@H]2CN(C)[C@@]3(C(=O)Nc4ccccc43)[C@H]2[N+](=O)[O-])cc(Br)c1OCc1ccccc1Cl. The molecule has 1 amide bonds. The lowest BCUT2D eigenvalue weighted by molar-refractivity contribution is -0.534. The molecule has 5 rings (SSSR count). The first-order valence-corrected chi connectivity index (χ1v) is 12.5. The van der Waals surface area contributed by atoms with Gasteiger partial charge in [0.05, 0.1) is 17.5 Å². The number of hydrogen-bond acceptors (Lipinski definition) is 6. The summed E-state index contributed by atoms with van der Waals surface area (Å²) in [6.45, 7) is 0.528. The first-order valence-electron chi connectivity index (χ1n) is 11.3. The van der Waals surface area contributed by atoms with Crippen LogP contribution >= 0.6 is 27.5 Å². The zero-order valence-corrected chi connectivity index (χ0v) is 21.9. The van der Waals surface area contributed by atoms with Crippen molar-refractivity contribution in [1.82, 2.24) is 4.90 Å². The zero-order valence-electron chi connectivity index (χ0n) is 19.5.